The van der Waals surface area contributed by atoms with Crippen molar-refractivity contribution in [3.8, 4) is 11.8 Å². The number of hydrogen-bond acceptors (Lipinski definition) is 0. The quantitative estimate of drug-likeness (QED) is 0.543. The Hall–Kier alpha value is -1.78. The van der Waals surface area contributed by atoms with Gasteiger partial charge in [-0.25, -0.2) is 4.39 Å². The van der Waals surface area contributed by atoms with Crippen molar-refractivity contribution in [1.29, 1.82) is 0 Å². The van der Waals surface area contributed by atoms with E-state index in [1.165, 1.54) is 49.8 Å². The summed E-state index contributed by atoms with van der Waals surface area (Å²) in [6.07, 6.45) is 6.61. The minimum Gasteiger partial charge on any atom is -0.205 e. The van der Waals surface area contributed by atoms with Crippen molar-refractivity contribution < 1.29 is 4.39 Å². The molecule has 0 radical (unpaired) electrons. The van der Waals surface area contributed by atoms with Crippen LogP contribution in [-0.4, -0.2) is 0 Å². The van der Waals surface area contributed by atoms with E-state index >= 15 is 0 Å². The minimum atomic E-state index is -0.429. The Morgan fingerprint density at radius 2 is 1.58 bits per heavy atom. The van der Waals surface area contributed by atoms with E-state index in [1.54, 1.807) is 6.07 Å². The fourth-order valence-corrected chi connectivity index (χ4v) is 3.58. The average molecular weight is 341 g/mol. The Morgan fingerprint density at radius 3 is 2.21 bits per heavy atom. The molecule has 0 N–H and O–H groups in total. The molecule has 1 saturated carbocycles. The van der Waals surface area contributed by atoms with E-state index in [1.807, 2.05) is 0 Å². The van der Waals surface area contributed by atoms with Crippen molar-refractivity contribution in [2.45, 2.75) is 44.9 Å². The first kappa shape index (κ1) is 17.1. The molecule has 0 heterocycles. The molecule has 0 amide bonds. The maximum absolute atomic E-state index is 13.4. The van der Waals surface area contributed by atoms with Crippen LogP contribution >= 0.6 is 11.6 Å². The molecule has 24 heavy (non-hydrogen) atoms. The van der Waals surface area contributed by atoms with Crippen molar-refractivity contribution in [3.63, 3.8) is 0 Å². The van der Waals surface area contributed by atoms with Crippen LogP contribution in [0.3, 0.4) is 0 Å². The van der Waals surface area contributed by atoms with Gasteiger partial charge in [0.15, 0.2) is 0 Å². The third-order valence-corrected chi connectivity index (χ3v) is 5.38. The Kier molecular flexibility index (Phi) is 5.59. The Bertz CT molecular complexity index is 744. The van der Waals surface area contributed by atoms with Gasteiger partial charge in [0, 0.05) is 11.1 Å². The van der Waals surface area contributed by atoms with Crippen LogP contribution < -0.4 is 0 Å². The first-order valence-electron chi connectivity index (χ1n) is 8.72. The highest BCUT2D eigenvalue weighted by Gasteiger charge is 2.20. The van der Waals surface area contributed by atoms with Gasteiger partial charge in [0.05, 0.1) is 5.02 Å². The Balaban J connectivity index is 1.67. The lowest BCUT2D eigenvalue weighted by atomic mass is 9.78. The van der Waals surface area contributed by atoms with Crippen LogP contribution in [0.1, 0.15) is 61.6 Å². The van der Waals surface area contributed by atoms with Crippen molar-refractivity contribution in [3.05, 3.63) is 70.0 Å². The third kappa shape index (κ3) is 4.19. The van der Waals surface area contributed by atoms with E-state index in [9.17, 15) is 4.39 Å². The average Bonchev–Trinajstić information content (AvgIpc) is 2.63. The molecular formula is C22H22ClF. The molecule has 2 heteroatoms. The summed E-state index contributed by atoms with van der Waals surface area (Å²) in [7, 11) is 0. The normalized spacial score (nSPS) is 20.3. The fraction of sp³-hybridized carbons (Fsp3) is 0.364. The lowest BCUT2D eigenvalue weighted by Gasteiger charge is -2.28. The predicted molar refractivity (Wildman–Crippen MR) is 98.8 cm³/mol. The lowest BCUT2D eigenvalue weighted by Crippen LogP contribution is -2.12. The number of halogens is 2. The zero-order valence-corrected chi connectivity index (χ0v) is 14.7. The summed E-state index contributed by atoms with van der Waals surface area (Å²) in [4.78, 5) is 0. The molecule has 2 aromatic carbocycles. The maximum atomic E-state index is 13.4. The summed E-state index contributed by atoms with van der Waals surface area (Å²) in [6.45, 7) is 2.30. The van der Waals surface area contributed by atoms with Gasteiger partial charge in [-0.1, -0.05) is 48.9 Å². The smallest absolute Gasteiger partial charge is 0.143 e. The molecule has 0 spiro atoms. The van der Waals surface area contributed by atoms with Gasteiger partial charge in [-0.15, -0.1) is 0 Å². The van der Waals surface area contributed by atoms with E-state index < -0.39 is 5.82 Å². The van der Waals surface area contributed by atoms with Crippen LogP contribution in [0.2, 0.25) is 5.02 Å². The molecule has 1 fully saturated rings. The van der Waals surface area contributed by atoms with Crippen molar-refractivity contribution >= 4 is 11.6 Å². The van der Waals surface area contributed by atoms with Gasteiger partial charge in [-0.3, -0.25) is 0 Å². The minimum absolute atomic E-state index is 0.127. The highest BCUT2D eigenvalue weighted by atomic mass is 35.5. The lowest BCUT2D eigenvalue weighted by molar-refractivity contribution is 0.319. The van der Waals surface area contributed by atoms with Crippen LogP contribution in [0.4, 0.5) is 4.39 Å². The molecule has 1 aliphatic carbocycles. The molecule has 0 nitrogen and oxygen atoms in total. The molecule has 124 valence electrons. The van der Waals surface area contributed by atoms with E-state index in [0.717, 1.165) is 11.5 Å². The van der Waals surface area contributed by atoms with Crippen LogP contribution in [0, 0.1) is 23.6 Å². The molecule has 3 rings (SSSR count). The topological polar surface area (TPSA) is 0 Å². The van der Waals surface area contributed by atoms with E-state index in [0.29, 0.717) is 11.5 Å². The molecule has 0 aliphatic heterocycles. The van der Waals surface area contributed by atoms with E-state index in [2.05, 4.69) is 43.0 Å². The summed E-state index contributed by atoms with van der Waals surface area (Å²) >= 11 is 5.68. The van der Waals surface area contributed by atoms with Crippen LogP contribution in [0.5, 0.6) is 0 Å². The van der Waals surface area contributed by atoms with Crippen LogP contribution in [0.25, 0.3) is 0 Å². The number of benzene rings is 2. The monoisotopic (exact) mass is 340 g/mol. The molecule has 0 saturated heterocycles. The predicted octanol–water partition coefficient (Wildman–Crippen LogP) is 6.56. The fourth-order valence-electron chi connectivity index (χ4n) is 3.46. The van der Waals surface area contributed by atoms with Gasteiger partial charge in [0.2, 0.25) is 0 Å². The highest BCUT2D eigenvalue weighted by molar-refractivity contribution is 6.30. The summed E-state index contributed by atoms with van der Waals surface area (Å²) in [5, 5.41) is 0.127. The second kappa shape index (κ2) is 7.86. The van der Waals surface area contributed by atoms with Gasteiger partial charge >= 0.3 is 0 Å². The van der Waals surface area contributed by atoms with Gasteiger partial charge in [-0.05, 0) is 73.4 Å². The molecule has 0 aromatic heterocycles. The van der Waals surface area contributed by atoms with Gasteiger partial charge in [0.25, 0.3) is 0 Å². The maximum Gasteiger partial charge on any atom is 0.143 e. The van der Waals surface area contributed by atoms with Crippen LogP contribution in [-0.2, 0) is 0 Å². The molecule has 0 atom stereocenters. The molecule has 0 unspecified atom stereocenters. The zero-order chi connectivity index (χ0) is 16.9. The standard InChI is InChI=1S/C22H22ClF/c1-2-16-5-10-19(11-6-16)20-12-7-17(8-13-20)3-4-18-9-14-21(23)22(24)15-18/h7-9,12-16,19H,2,5-6,10-11H2,1H3. The molecular weight excluding hydrogens is 319 g/mol. The highest BCUT2D eigenvalue weighted by Crippen LogP contribution is 2.36. The van der Waals surface area contributed by atoms with Crippen molar-refractivity contribution in [2.24, 2.45) is 5.92 Å². The van der Waals surface area contributed by atoms with E-state index in [4.69, 9.17) is 11.6 Å². The summed E-state index contributed by atoms with van der Waals surface area (Å²) < 4.78 is 13.4. The first-order chi connectivity index (χ1) is 11.7. The van der Waals surface area contributed by atoms with E-state index in [-0.39, 0.29) is 5.02 Å². The second-order valence-electron chi connectivity index (χ2n) is 6.63. The summed E-state index contributed by atoms with van der Waals surface area (Å²) in [5.74, 6) is 7.27. The Labute approximate surface area is 149 Å². The van der Waals surface area contributed by atoms with Gasteiger partial charge < -0.3 is 0 Å². The Morgan fingerprint density at radius 1 is 0.958 bits per heavy atom. The molecule has 2 aromatic rings. The largest absolute Gasteiger partial charge is 0.205 e. The first-order valence-corrected chi connectivity index (χ1v) is 9.10. The second-order valence-corrected chi connectivity index (χ2v) is 7.03. The van der Waals surface area contributed by atoms with Crippen molar-refractivity contribution in [1.82, 2.24) is 0 Å². The van der Waals surface area contributed by atoms with Crippen LogP contribution in [0.15, 0.2) is 42.5 Å². The van der Waals surface area contributed by atoms with Gasteiger partial charge in [-0.2, -0.15) is 0 Å². The summed E-state index contributed by atoms with van der Waals surface area (Å²) in [5.41, 5.74) is 3.02. The van der Waals surface area contributed by atoms with Crippen molar-refractivity contribution in [2.75, 3.05) is 0 Å². The third-order valence-electron chi connectivity index (χ3n) is 5.08. The van der Waals surface area contributed by atoms with Gasteiger partial charge in [0.1, 0.15) is 5.82 Å². The summed E-state index contributed by atoms with van der Waals surface area (Å²) in [6, 6.07) is 13.2. The number of hydrogen-bond donors (Lipinski definition) is 0. The number of rotatable bonds is 2. The molecule has 0 bridgehead atoms. The molecule has 1 aliphatic rings. The zero-order valence-electron chi connectivity index (χ0n) is 14.0. The SMILES string of the molecule is CCC1CCC(c2ccc(C#Cc3ccc(Cl)c(F)c3)cc2)CC1.